The summed E-state index contributed by atoms with van der Waals surface area (Å²) >= 11 is 0. The van der Waals surface area contributed by atoms with Crippen LogP contribution in [0.15, 0.2) is 22.6 Å². The summed E-state index contributed by atoms with van der Waals surface area (Å²) in [4.78, 5) is 24.5. The maximum Gasteiger partial charge on any atom is 0.375 e. The molecule has 8 heteroatoms. The number of amides is 1. The average molecular weight is 371 g/mol. The van der Waals surface area contributed by atoms with Crippen LogP contribution in [0.3, 0.4) is 0 Å². The van der Waals surface area contributed by atoms with Crippen molar-refractivity contribution in [3.05, 3.63) is 40.9 Å². The Kier molecular flexibility index (Phi) is 4.89. The fourth-order valence-electron chi connectivity index (χ4n) is 2.85. The van der Waals surface area contributed by atoms with E-state index in [1.807, 2.05) is 6.92 Å². The number of fused-ring (bicyclic) bond motifs is 1. The van der Waals surface area contributed by atoms with Gasteiger partial charge in [0, 0.05) is 18.0 Å². The Morgan fingerprint density at radius 3 is 2.63 bits per heavy atom. The fraction of sp³-hybridized carbons (Fsp3) is 0.316. The normalized spacial score (nSPS) is 10.9. The van der Waals surface area contributed by atoms with Crippen LogP contribution in [-0.2, 0) is 16.6 Å². The van der Waals surface area contributed by atoms with E-state index >= 15 is 0 Å². The van der Waals surface area contributed by atoms with Crippen LogP contribution in [0.4, 0.5) is 5.69 Å². The molecule has 1 amide bonds. The van der Waals surface area contributed by atoms with Gasteiger partial charge in [-0.3, -0.25) is 9.48 Å². The number of hydrogen-bond acceptors (Lipinski definition) is 6. The van der Waals surface area contributed by atoms with Crippen molar-refractivity contribution in [2.24, 2.45) is 7.05 Å². The maximum atomic E-state index is 12.3. The number of ether oxygens (including phenoxy) is 2. The highest BCUT2D eigenvalue weighted by Crippen LogP contribution is 2.29. The van der Waals surface area contributed by atoms with Gasteiger partial charge in [0.2, 0.25) is 5.76 Å². The zero-order chi connectivity index (χ0) is 19.7. The first-order valence-corrected chi connectivity index (χ1v) is 8.36. The van der Waals surface area contributed by atoms with Crippen LogP contribution in [0, 0.1) is 20.8 Å². The summed E-state index contributed by atoms with van der Waals surface area (Å²) in [5.74, 6) is -0.414. The van der Waals surface area contributed by atoms with Crippen molar-refractivity contribution < 1.29 is 23.5 Å². The van der Waals surface area contributed by atoms with E-state index in [0.717, 1.165) is 11.1 Å². The molecule has 0 spiro atoms. The lowest BCUT2D eigenvalue weighted by Crippen LogP contribution is -2.21. The number of nitrogens with one attached hydrogen (secondary N) is 1. The Morgan fingerprint density at radius 2 is 2.00 bits per heavy atom. The standard InChI is InChI=1S/C19H21N3O5/c1-10-14-8-13(25-5)6-7-15(14)27-18(10)19(24)26-9-16(23)20-17-11(2)21-22(4)12(17)3/h6-8H,9H2,1-5H3,(H,20,23). The van der Waals surface area contributed by atoms with Crippen LogP contribution in [0.5, 0.6) is 5.75 Å². The van der Waals surface area contributed by atoms with Gasteiger partial charge in [-0.2, -0.15) is 5.10 Å². The Balaban J connectivity index is 1.69. The average Bonchev–Trinajstić information content (AvgIpc) is 3.10. The van der Waals surface area contributed by atoms with Crippen molar-refractivity contribution in [3.8, 4) is 5.75 Å². The molecule has 0 saturated heterocycles. The summed E-state index contributed by atoms with van der Waals surface area (Å²) in [5, 5.41) is 7.70. The molecule has 1 N–H and O–H groups in total. The van der Waals surface area contributed by atoms with Crippen molar-refractivity contribution in [2.75, 3.05) is 19.0 Å². The third kappa shape index (κ3) is 3.51. The quantitative estimate of drug-likeness (QED) is 0.693. The molecule has 0 atom stereocenters. The lowest BCUT2D eigenvalue weighted by atomic mass is 10.1. The van der Waals surface area contributed by atoms with Gasteiger partial charge < -0.3 is 19.2 Å². The zero-order valence-electron chi connectivity index (χ0n) is 15.9. The van der Waals surface area contributed by atoms with Crippen molar-refractivity contribution in [1.29, 1.82) is 0 Å². The van der Waals surface area contributed by atoms with Crippen LogP contribution in [-0.4, -0.2) is 35.4 Å². The second-order valence-electron chi connectivity index (χ2n) is 6.21. The minimum absolute atomic E-state index is 0.0693. The Hall–Kier alpha value is -3.29. The molecule has 0 fully saturated rings. The van der Waals surface area contributed by atoms with Gasteiger partial charge in [0.25, 0.3) is 5.91 Å². The highest BCUT2D eigenvalue weighted by Gasteiger charge is 2.21. The second kappa shape index (κ2) is 7.14. The first kappa shape index (κ1) is 18.5. The molecule has 8 nitrogen and oxygen atoms in total. The molecule has 0 radical (unpaired) electrons. The van der Waals surface area contributed by atoms with Crippen LogP contribution in [0.25, 0.3) is 11.0 Å². The number of rotatable bonds is 5. The molecule has 3 aromatic rings. The molecule has 27 heavy (non-hydrogen) atoms. The van der Waals surface area contributed by atoms with Crippen LogP contribution in [0.1, 0.15) is 27.5 Å². The predicted octanol–water partition coefficient (Wildman–Crippen LogP) is 2.90. The summed E-state index contributed by atoms with van der Waals surface area (Å²) < 4.78 is 17.5. The molecule has 0 aliphatic rings. The lowest BCUT2D eigenvalue weighted by molar-refractivity contribution is -0.119. The van der Waals surface area contributed by atoms with Gasteiger partial charge in [-0.05, 0) is 39.0 Å². The molecule has 0 saturated carbocycles. The van der Waals surface area contributed by atoms with Crippen LogP contribution < -0.4 is 10.1 Å². The van der Waals surface area contributed by atoms with Gasteiger partial charge >= 0.3 is 5.97 Å². The van der Waals surface area contributed by atoms with Gasteiger partial charge in [-0.25, -0.2) is 4.79 Å². The number of hydrogen-bond donors (Lipinski definition) is 1. The number of furan rings is 1. The molecular weight excluding hydrogens is 350 g/mol. The molecule has 2 aromatic heterocycles. The molecule has 0 bridgehead atoms. The Bertz CT molecular complexity index is 1030. The molecule has 0 unspecified atom stereocenters. The van der Waals surface area contributed by atoms with Crippen molar-refractivity contribution in [3.63, 3.8) is 0 Å². The zero-order valence-corrected chi connectivity index (χ0v) is 15.9. The number of aromatic nitrogens is 2. The number of carbonyl (C=O) groups is 2. The van der Waals surface area contributed by atoms with E-state index < -0.39 is 18.5 Å². The summed E-state index contributed by atoms with van der Waals surface area (Å²) in [6, 6.07) is 5.25. The van der Waals surface area contributed by atoms with Crippen molar-refractivity contribution >= 4 is 28.5 Å². The topological polar surface area (TPSA) is 95.6 Å². The first-order chi connectivity index (χ1) is 12.8. The Labute approximate surface area is 156 Å². The van der Waals surface area contributed by atoms with Crippen LogP contribution >= 0.6 is 0 Å². The van der Waals surface area contributed by atoms with Crippen molar-refractivity contribution in [2.45, 2.75) is 20.8 Å². The third-order valence-corrected chi connectivity index (χ3v) is 4.44. The Morgan fingerprint density at radius 1 is 1.26 bits per heavy atom. The number of carbonyl (C=O) groups excluding carboxylic acids is 2. The first-order valence-electron chi connectivity index (χ1n) is 8.36. The minimum Gasteiger partial charge on any atom is -0.497 e. The van der Waals surface area contributed by atoms with E-state index in [1.165, 1.54) is 0 Å². The van der Waals surface area contributed by atoms with Crippen molar-refractivity contribution in [1.82, 2.24) is 9.78 Å². The summed E-state index contributed by atoms with van der Waals surface area (Å²) in [5.41, 5.74) is 3.30. The summed E-state index contributed by atoms with van der Waals surface area (Å²) in [7, 11) is 3.35. The van der Waals surface area contributed by atoms with Gasteiger partial charge in [0.1, 0.15) is 11.3 Å². The van der Waals surface area contributed by atoms with E-state index in [4.69, 9.17) is 13.9 Å². The molecule has 3 rings (SSSR count). The molecule has 142 valence electrons. The molecule has 0 aliphatic heterocycles. The van der Waals surface area contributed by atoms with E-state index in [1.54, 1.807) is 50.9 Å². The highest BCUT2D eigenvalue weighted by atomic mass is 16.5. The number of nitrogens with zero attached hydrogens (tertiary/aromatic N) is 2. The summed E-state index contributed by atoms with van der Waals surface area (Å²) in [6.07, 6.45) is 0. The molecule has 1 aromatic carbocycles. The smallest absolute Gasteiger partial charge is 0.375 e. The largest absolute Gasteiger partial charge is 0.497 e. The van der Waals surface area contributed by atoms with E-state index in [-0.39, 0.29) is 5.76 Å². The van der Waals surface area contributed by atoms with Crippen LogP contribution in [0.2, 0.25) is 0 Å². The number of anilines is 1. The highest BCUT2D eigenvalue weighted by molar-refractivity contribution is 5.98. The van der Waals surface area contributed by atoms with E-state index in [9.17, 15) is 9.59 Å². The van der Waals surface area contributed by atoms with Gasteiger partial charge in [-0.15, -0.1) is 0 Å². The predicted molar refractivity (Wildman–Crippen MR) is 99.1 cm³/mol. The molecule has 2 heterocycles. The number of benzene rings is 1. The fourth-order valence-corrected chi connectivity index (χ4v) is 2.85. The van der Waals surface area contributed by atoms with Gasteiger partial charge in [-0.1, -0.05) is 0 Å². The monoisotopic (exact) mass is 371 g/mol. The number of aryl methyl sites for hydroxylation is 3. The SMILES string of the molecule is COc1ccc2oc(C(=O)OCC(=O)Nc3c(C)nn(C)c3C)c(C)c2c1. The molecule has 0 aliphatic carbocycles. The second-order valence-corrected chi connectivity index (χ2v) is 6.21. The van der Waals surface area contributed by atoms with Gasteiger partial charge in [0.15, 0.2) is 6.61 Å². The minimum atomic E-state index is -0.697. The number of methoxy groups -OCH3 is 1. The third-order valence-electron chi connectivity index (χ3n) is 4.44. The summed E-state index contributed by atoms with van der Waals surface area (Å²) in [6.45, 7) is 4.96. The lowest BCUT2D eigenvalue weighted by Gasteiger charge is -2.06. The maximum absolute atomic E-state index is 12.3. The van der Waals surface area contributed by atoms with E-state index in [2.05, 4.69) is 10.4 Å². The van der Waals surface area contributed by atoms with E-state index in [0.29, 0.717) is 28.3 Å². The molecular formula is C19H21N3O5. The van der Waals surface area contributed by atoms with Gasteiger partial charge in [0.05, 0.1) is 24.2 Å². The number of esters is 1.